The Bertz CT molecular complexity index is 1530. The van der Waals surface area contributed by atoms with E-state index in [0.717, 1.165) is 11.1 Å². The monoisotopic (exact) mass is 484 g/mol. The van der Waals surface area contributed by atoms with Crippen LogP contribution in [0.2, 0.25) is 0 Å². The van der Waals surface area contributed by atoms with Crippen LogP contribution in [0.15, 0.2) is 119 Å². The van der Waals surface area contributed by atoms with Crippen LogP contribution >= 0.6 is 0 Å². The summed E-state index contributed by atoms with van der Waals surface area (Å²) in [6, 6.07) is 31.7. The van der Waals surface area contributed by atoms with E-state index >= 15 is 0 Å². The van der Waals surface area contributed by atoms with Crippen LogP contribution < -0.4 is 5.14 Å². The van der Waals surface area contributed by atoms with Crippen molar-refractivity contribution in [3.05, 3.63) is 132 Å². The van der Waals surface area contributed by atoms with Crippen molar-refractivity contribution >= 4 is 10.0 Å². The molecule has 0 amide bonds. The van der Waals surface area contributed by atoms with Gasteiger partial charge in [0.25, 0.3) is 0 Å². The molecule has 7 heteroatoms. The molecule has 1 aromatic heterocycles. The van der Waals surface area contributed by atoms with Gasteiger partial charge in [-0.1, -0.05) is 72.8 Å². The Labute approximate surface area is 202 Å². The molecule has 174 valence electrons. The second-order valence-corrected chi connectivity index (χ2v) is 9.56. The lowest BCUT2D eigenvalue weighted by Gasteiger charge is -2.14. The Kier molecular flexibility index (Phi) is 6.03. The molecule has 0 aliphatic carbocycles. The predicted octanol–water partition coefficient (Wildman–Crippen LogP) is 5.98. The van der Waals surface area contributed by atoms with Gasteiger partial charge in [-0.2, -0.15) is 0 Å². The van der Waals surface area contributed by atoms with Crippen molar-refractivity contribution in [3.8, 4) is 22.6 Å². The number of aromatic nitrogens is 1. The molecule has 0 aliphatic heterocycles. The van der Waals surface area contributed by atoms with Gasteiger partial charge in [0.1, 0.15) is 11.5 Å². The molecule has 2 N–H and O–H groups in total. The second kappa shape index (κ2) is 9.29. The molecule has 0 saturated carbocycles. The SMILES string of the molecule is NS(=O)(=O)c1ccccc1-c1oc(C(c2ccccc2)c2ccccc2)nc1-c1ccc(F)cc1. The number of hydrogen-bond acceptors (Lipinski definition) is 4. The summed E-state index contributed by atoms with van der Waals surface area (Å²) in [6.07, 6.45) is 0. The first-order valence-corrected chi connectivity index (χ1v) is 12.5. The van der Waals surface area contributed by atoms with E-state index in [1.54, 1.807) is 30.3 Å². The maximum absolute atomic E-state index is 13.7. The fourth-order valence-electron chi connectivity index (χ4n) is 4.12. The molecular formula is C28H21FN2O3S. The standard InChI is InChI=1S/C28H21FN2O3S/c29-22-17-15-21(16-18-22)26-27(23-13-7-8-14-24(23)35(30,32)33)34-28(31-26)25(19-9-3-1-4-10-19)20-11-5-2-6-12-20/h1-18,25H,(H2,30,32,33). The third kappa shape index (κ3) is 4.64. The fraction of sp³-hybridized carbons (Fsp3) is 0.0357. The number of halogens is 1. The molecule has 0 fully saturated rings. The van der Waals surface area contributed by atoms with Crippen molar-refractivity contribution in [2.75, 3.05) is 0 Å². The maximum atomic E-state index is 13.7. The number of hydrogen-bond donors (Lipinski definition) is 1. The van der Waals surface area contributed by atoms with Crippen molar-refractivity contribution in [2.24, 2.45) is 5.14 Å². The molecule has 0 saturated heterocycles. The van der Waals surface area contributed by atoms with Crippen LogP contribution in [0.25, 0.3) is 22.6 Å². The van der Waals surface area contributed by atoms with E-state index in [4.69, 9.17) is 14.5 Å². The lowest BCUT2D eigenvalue weighted by molar-refractivity contribution is 0.498. The van der Waals surface area contributed by atoms with Crippen LogP contribution in [0.1, 0.15) is 22.9 Å². The summed E-state index contributed by atoms with van der Waals surface area (Å²) in [5, 5.41) is 5.51. The lowest BCUT2D eigenvalue weighted by atomic mass is 9.91. The van der Waals surface area contributed by atoms with Crippen molar-refractivity contribution in [3.63, 3.8) is 0 Å². The quantitative estimate of drug-likeness (QED) is 0.321. The molecule has 4 aromatic carbocycles. The molecule has 0 aliphatic rings. The first-order valence-electron chi connectivity index (χ1n) is 10.9. The van der Waals surface area contributed by atoms with Crippen LogP contribution in [0, 0.1) is 5.82 Å². The third-order valence-corrected chi connectivity index (χ3v) is 6.68. The molecule has 0 bridgehead atoms. The molecular weight excluding hydrogens is 463 g/mol. The van der Waals surface area contributed by atoms with Crippen molar-refractivity contribution in [1.82, 2.24) is 4.98 Å². The average molecular weight is 485 g/mol. The van der Waals surface area contributed by atoms with Crippen molar-refractivity contribution < 1.29 is 17.2 Å². The normalized spacial score (nSPS) is 11.6. The van der Waals surface area contributed by atoms with Gasteiger partial charge in [-0.25, -0.2) is 22.9 Å². The zero-order chi connectivity index (χ0) is 24.4. The van der Waals surface area contributed by atoms with E-state index in [9.17, 15) is 12.8 Å². The fourth-order valence-corrected chi connectivity index (χ4v) is 4.85. The van der Waals surface area contributed by atoms with Gasteiger partial charge in [-0.05, 0) is 47.5 Å². The predicted molar refractivity (Wildman–Crippen MR) is 133 cm³/mol. The van der Waals surface area contributed by atoms with Crippen LogP contribution in [0.5, 0.6) is 0 Å². The number of oxazole rings is 1. The summed E-state index contributed by atoms with van der Waals surface area (Å²) in [5.74, 6) is -0.128. The first-order chi connectivity index (χ1) is 16.9. The van der Waals surface area contributed by atoms with E-state index in [0.29, 0.717) is 17.1 Å². The molecule has 0 unspecified atom stereocenters. The molecule has 0 atom stereocenters. The summed E-state index contributed by atoms with van der Waals surface area (Å²) in [4.78, 5) is 4.76. The summed E-state index contributed by atoms with van der Waals surface area (Å²) in [5.41, 5.74) is 3.18. The Hall–Kier alpha value is -4.07. The van der Waals surface area contributed by atoms with E-state index in [1.807, 2.05) is 60.7 Å². The van der Waals surface area contributed by atoms with Crippen LogP contribution in [0.3, 0.4) is 0 Å². The van der Waals surface area contributed by atoms with E-state index in [-0.39, 0.29) is 22.1 Å². The molecule has 5 rings (SSSR count). The summed E-state index contributed by atoms with van der Waals surface area (Å²) in [7, 11) is -4.05. The molecule has 5 nitrogen and oxygen atoms in total. The summed E-state index contributed by atoms with van der Waals surface area (Å²) in [6.45, 7) is 0. The minimum absolute atomic E-state index is 0.0815. The maximum Gasteiger partial charge on any atom is 0.238 e. The Morgan fingerprint density at radius 1 is 0.743 bits per heavy atom. The number of benzene rings is 4. The average Bonchev–Trinajstić information content (AvgIpc) is 3.30. The van der Waals surface area contributed by atoms with E-state index in [2.05, 4.69) is 0 Å². The summed E-state index contributed by atoms with van der Waals surface area (Å²) >= 11 is 0. The van der Waals surface area contributed by atoms with Gasteiger partial charge in [0.15, 0.2) is 5.76 Å². The highest BCUT2D eigenvalue weighted by Crippen LogP contribution is 2.40. The second-order valence-electron chi connectivity index (χ2n) is 8.03. The highest BCUT2D eigenvalue weighted by atomic mass is 32.2. The molecule has 0 radical (unpaired) electrons. The van der Waals surface area contributed by atoms with Gasteiger partial charge in [0.05, 0.1) is 10.8 Å². The number of nitrogens with zero attached hydrogens (tertiary/aromatic N) is 1. The van der Waals surface area contributed by atoms with Crippen LogP contribution in [-0.2, 0) is 10.0 Å². The number of nitrogens with two attached hydrogens (primary N) is 1. The topological polar surface area (TPSA) is 86.2 Å². The Balaban J connectivity index is 1.79. The highest BCUT2D eigenvalue weighted by molar-refractivity contribution is 7.89. The number of sulfonamides is 1. The minimum atomic E-state index is -4.05. The first kappa shape index (κ1) is 22.7. The summed E-state index contributed by atoms with van der Waals surface area (Å²) < 4.78 is 44.8. The Morgan fingerprint density at radius 3 is 1.86 bits per heavy atom. The number of rotatable bonds is 6. The van der Waals surface area contributed by atoms with Gasteiger partial charge >= 0.3 is 0 Å². The number of primary sulfonamides is 1. The third-order valence-electron chi connectivity index (χ3n) is 5.71. The highest BCUT2D eigenvalue weighted by Gasteiger charge is 2.28. The van der Waals surface area contributed by atoms with Gasteiger partial charge < -0.3 is 4.42 Å². The van der Waals surface area contributed by atoms with Gasteiger partial charge in [-0.15, -0.1) is 0 Å². The zero-order valence-corrected chi connectivity index (χ0v) is 19.3. The van der Waals surface area contributed by atoms with E-state index in [1.165, 1.54) is 18.2 Å². The largest absolute Gasteiger partial charge is 0.439 e. The molecule has 1 heterocycles. The molecule has 35 heavy (non-hydrogen) atoms. The van der Waals surface area contributed by atoms with Gasteiger partial charge in [0.2, 0.25) is 15.9 Å². The van der Waals surface area contributed by atoms with Gasteiger partial charge in [-0.3, -0.25) is 0 Å². The Morgan fingerprint density at radius 2 is 1.29 bits per heavy atom. The van der Waals surface area contributed by atoms with Crippen molar-refractivity contribution in [2.45, 2.75) is 10.8 Å². The van der Waals surface area contributed by atoms with Crippen molar-refractivity contribution in [1.29, 1.82) is 0 Å². The zero-order valence-electron chi connectivity index (χ0n) is 18.5. The van der Waals surface area contributed by atoms with E-state index < -0.39 is 15.8 Å². The molecule has 0 spiro atoms. The smallest absolute Gasteiger partial charge is 0.238 e. The van der Waals surface area contributed by atoms with Gasteiger partial charge in [0, 0.05) is 11.1 Å². The van der Waals surface area contributed by atoms with Crippen LogP contribution in [-0.4, -0.2) is 13.4 Å². The minimum Gasteiger partial charge on any atom is -0.439 e. The van der Waals surface area contributed by atoms with Crippen LogP contribution in [0.4, 0.5) is 4.39 Å². The lowest BCUT2D eigenvalue weighted by Crippen LogP contribution is -2.13. The molecule has 5 aromatic rings.